The summed E-state index contributed by atoms with van der Waals surface area (Å²) in [5.74, 6) is 1.47. The average Bonchev–Trinajstić information content (AvgIpc) is 3.07. The van der Waals surface area contributed by atoms with Gasteiger partial charge < -0.3 is 25.2 Å². The summed E-state index contributed by atoms with van der Waals surface area (Å²) >= 11 is 6.00. The largest absolute Gasteiger partial charge is 0.496 e. The number of hydrogen-bond donors (Lipinski definition) is 3. The van der Waals surface area contributed by atoms with Crippen molar-refractivity contribution in [3.05, 3.63) is 28.8 Å². The number of halogens is 1. The van der Waals surface area contributed by atoms with Gasteiger partial charge in [0.15, 0.2) is 5.96 Å². The number of ether oxygens (including phenoxy) is 2. The van der Waals surface area contributed by atoms with Crippen molar-refractivity contribution >= 4 is 17.6 Å². The zero-order chi connectivity index (χ0) is 18.1. The maximum atomic E-state index is 9.34. The molecule has 0 radical (unpaired) electrons. The van der Waals surface area contributed by atoms with Gasteiger partial charge in [-0.2, -0.15) is 0 Å². The van der Waals surface area contributed by atoms with Crippen molar-refractivity contribution in [2.75, 3.05) is 40.0 Å². The maximum absolute atomic E-state index is 9.34. The first-order valence-corrected chi connectivity index (χ1v) is 9.03. The van der Waals surface area contributed by atoms with E-state index in [1.54, 1.807) is 13.2 Å². The molecule has 1 aromatic rings. The topological polar surface area (TPSA) is 75.1 Å². The number of guanidine groups is 1. The van der Waals surface area contributed by atoms with Crippen molar-refractivity contribution in [1.82, 2.24) is 10.6 Å². The van der Waals surface area contributed by atoms with Gasteiger partial charge in [-0.3, -0.25) is 0 Å². The highest BCUT2D eigenvalue weighted by Gasteiger charge is 2.34. The minimum atomic E-state index is -0.0249. The Balaban J connectivity index is 2.03. The number of rotatable bonds is 8. The fourth-order valence-electron chi connectivity index (χ4n) is 2.94. The number of aliphatic imine (C=N–C) groups is 1. The van der Waals surface area contributed by atoms with Crippen molar-refractivity contribution in [3.8, 4) is 5.75 Å². The molecule has 7 heteroatoms. The Hall–Kier alpha value is -1.50. The van der Waals surface area contributed by atoms with Crippen molar-refractivity contribution in [1.29, 1.82) is 0 Å². The molecular formula is C18H28ClN3O3. The Morgan fingerprint density at radius 3 is 2.92 bits per heavy atom. The number of nitrogens with one attached hydrogen (secondary N) is 2. The molecule has 2 rings (SSSR count). The summed E-state index contributed by atoms with van der Waals surface area (Å²) in [6.45, 7) is 5.59. The van der Waals surface area contributed by atoms with Gasteiger partial charge in [0, 0.05) is 42.3 Å². The highest BCUT2D eigenvalue weighted by Crippen LogP contribution is 2.31. The molecule has 3 N–H and O–H groups in total. The first kappa shape index (κ1) is 19.8. The van der Waals surface area contributed by atoms with Gasteiger partial charge >= 0.3 is 0 Å². The van der Waals surface area contributed by atoms with Gasteiger partial charge in [0.1, 0.15) is 5.75 Å². The van der Waals surface area contributed by atoms with E-state index in [4.69, 9.17) is 21.1 Å². The fourth-order valence-corrected chi connectivity index (χ4v) is 3.10. The molecule has 1 aliphatic heterocycles. The van der Waals surface area contributed by atoms with Crippen LogP contribution in [0.4, 0.5) is 0 Å². The van der Waals surface area contributed by atoms with Crippen LogP contribution >= 0.6 is 11.6 Å². The van der Waals surface area contributed by atoms with Crippen molar-refractivity contribution < 1.29 is 14.6 Å². The smallest absolute Gasteiger partial charge is 0.191 e. The number of methoxy groups -OCH3 is 1. The lowest BCUT2D eigenvalue weighted by Crippen LogP contribution is -2.44. The molecule has 1 unspecified atom stereocenters. The molecule has 0 spiro atoms. The summed E-state index contributed by atoms with van der Waals surface area (Å²) in [5, 5.41) is 16.6. The Kier molecular flexibility index (Phi) is 7.81. The number of aliphatic hydroxyl groups excluding tert-OH is 1. The maximum Gasteiger partial charge on any atom is 0.191 e. The van der Waals surface area contributed by atoms with E-state index in [1.807, 2.05) is 19.1 Å². The highest BCUT2D eigenvalue weighted by atomic mass is 35.5. The van der Waals surface area contributed by atoms with Crippen LogP contribution in [-0.4, -0.2) is 51.1 Å². The van der Waals surface area contributed by atoms with E-state index >= 15 is 0 Å². The molecule has 0 aliphatic carbocycles. The van der Waals surface area contributed by atoms with Crippen LogP contribution in [0.5, 0.6) is 5.75 Å². The molecule has 140 valence electrons. The lowest BCUT2D eigenvalue weighted by Gasteiger charge is -2.27. The van der Waals surface area contributed by atoms with Crippen LogP contribution in [0.2, 0.25) is 5.02 Å². The van der Waals surface area contributed by atoms with E-state index in [-0.39, 0.29) is 12.0 Å². The molecule has 1 heterocycles. The van der Waals surface area contributed by atoms with E-state index in [2.05, 4.69) is 15.6 Å². The molecule has 1 aromatic carbocycles. The second-order valence-corrected chi connectivity index (χ2v) is 6.72. The Bertz CT molecular complexity index is 575. The van der Waals surface area contributed by atoms with Gasteiger partial charge in [-0.1, -0.05) is 17.7 Å². The van der Waals surface area contributed by atoms with Crippen LogP contribution in [0.1, 0.15) is 25.3 Å². The van der Waals surface area contributed by atoms with Gasteiger partial charge in [0.05, 0.1) is 20.3 Å². The molecule has 0 bridgehead atoms. The van der Waals surface area contributed by atoms with Crippen LogP contribution in [0.15, 0.2) is 23.2 Å². The lowest BCUT2D eigenvalue weighted by atomic mass is 9.84. The summed E-state index contributed by atoms with van der Waals surface area (Å²) in [7, 11) is 1.63. The Morgan fingerprint density at radius 1 is 1.44 bits per heavy atom. The number of benzene rings is 1. The molecule has 1 saturated heterocycles. The fraction of sp³-hybridized carbons (Fsp3) is 0.611. The normalized spacial score (nSPS) is 20.6. The first-order valence-electron chi connectivity index (χ1n) is 8.65. The van der Waals surface area contributed by atoms with Crippen LogP contribution in [0.25, 0.3) is 0 Å². The molecule has 25 heavy (non-hydrogen) atoms. The second-order valence-electron chi connectivity index (χ2n) is 6.28. The van der Waals surface area contributed by atoms with E-state index in [1.165, 1.54) is 0 Å². The van der Waals surface area contributed by atoms with Gasteiger partial charge in [-0.05, 0) is 31.9 Å². The number of aliphatic hydroxyl groups is 1. The number of nitrogens with zero attached hydrogens (tertiary/aromatic N) is 1. The lowest BCUT2D eigenvalue weighted by molar-refractivity contribution is 0.127. The third kappa shape index (κ3) is 5.76. The van der Waals surface area contributed by atoms with E-state index in [0.717, 1.165) is 49.8 Å². The monoisotopic (exact) mass is 369 g/mol. The zero-order valence-corrected chi connectivity index (χ0v) is 15.7. The summed E-state index contributed by atoms with van der Waals surface area (Å²) in [6.07, 6.45) is 1.68. The third-order valence-electron chi connectivity index (χ3n) is 4.46. The molecule has 1 fully saturated rings. The van der Waals surface area contributed by atoms with Crippen LogP contribution in [-0.2, 0) is 11.3 Å². The number of hydrogen-bond acceptors (Lipinski definition) is 4. The first-order chi connectivity index (χ1) is 12.1. The minimum absolute atomic E-state index is 0.0249. The van der Waals surface area contributed by atoms with Crippen molar-refractivity contribution in [2.24, 2.45) is 10.4 Å². The van der Waals surface area contributed by atoms with E-state index in [0.29, 0.717) is 18.2 Å². The molecule has 0 amide bonds. The van der Waals surface area contributed by atoms with E-state index in [9.17, 15) is 5.11 Å². The molecule has 1 aliphatic rings. The SMILES string of the molecule is CCNC(=NCc1ccc(Cl)cc1OC)NCC1(CCO)CCOC1. The van der Waals surface area contributed by atoms with Crippen LogP contribution in [0.3, 0.4) is 0 Å². The van der Waals surface area contributed by atoms with Crippen LogP contribution < -0.4 is 15.4 Å². The van der Waals surface area contributed by atoms with Crippen molar-refractivity contribution in [3.63, 3.8) is 0 Å². The van der Waals surface area contributed by atoms with Crippen LogP contribution in [0, 0.1) is 5.41 Å². The average molecular weight is 370 g/mol. The minimum Gasteiger partial charge on any atom is -0.496 e. The van der Waals surface area contributed by atoms with Crippen molar-refractivity contribution in [2.45, 2.75) is 26.3 Å². The van der Waals surface area contributed by atoms with Gasteiger partial charge in [-0.15, -0.1) is 0 Å². The van der Waals surface area contributed by atoms with Gasteiger partial charge in [-0.25, -0.2) is 4.99 Å². The summed E-state index contributed by atoms with van der Waals surface area (Å²) < 4.78 is 10.9. The van der Waals surface area contributed by atoms with Gasteiger partial charge in [0.2, 0.25) is 0 Å². The zero-order valence-electron chi connectivity index (χ0n) is 15.0. The molecule has 0 saturated carbocycles. The summed E-state index contributed by atoms with van der Waals surface area (Å²) in [6, 6.07) is 5.55. The molecule has 0 aromatic heterocycles. The summed E-state index contributed by atoms with van der Waals surface area (Å²) in [4.78, 5) is 4.64. The quantitative estimate of drug-likeness (QED) is 0.484. The predicted octanol–water partition coefficient (Wildman–Crippen LogP) is 2.19. The third-order valence-corrected chi connectivity index (χ3v) is 4.69. The Morgan fingerprint density at radius 2 is 2.28 bits per heavy atom. The second kappa shape index (κ2) is 9.85. The standard InChI is InChI=1S/C18H28ClN3O3/c1-3-20-17(22-12-18(6-8-23)7-9-25-13-18)21-11-14-4-5-15(19)10-16(14)24-2/h4-5,10,23H,3,6-9,11-13H2,1-2H3,(H2,20,21,22). The molecule has 6 nitrogen and oxygen atoms in total. The Labute approximate surface area is 154 Å². The van der Waals surface area contributed by atoms with Gasteiger partial charge in [0.25, 0.3) is 0 Å². The highest BCUT2D eigenvalue weighted by molar-refractivity contribution is 6.30. The van der Waals surface area contributed by atoms with E-state index < -0.39 is 0 Å². The molecular weight excluding hydrogens is 342 g/mol. The summed E-state index contributed by atoms with van der Waals surface area (Å²) in [5.41, 5.74) is 0.946. The molecule has 1 atom stereocenters. The predicted molar refractivity (Wildman–Crippen MR) is 100 cm³/mol.